The number of nitrogens with zero attached hydrogens (tertiary/aromatic N) is 1. The van der Waals surface area contributed by atoms with E-state index in [1.54, 1.807) is 18.7 Å². The number of carbonyl (C=O) groups is 1. The molecule has 1 atom stereocenters. The number of hydrogen-bond donors (Lipinski definition) is 0. The van der Waals surface area contributed by atoms with Gasteiger partial charge in [-0.1, -0.05) is 18.2 Å². The van der Waals surface area contributed by atoms with Crippen molar-refractivity contribution in [2.45, 2.75) is 37.5 Å². The van der Waals surface area contributed by atoms with Crippen LogP contribution in [0, 0.1) is 6.92 Å². The van der Waals surface area contributed by atoms with Crippen molar-refractivity contribution in [2.75, 3.05) is 0 Å². The Morgan fingerprint density at radius 2 is 1.88 bits per heavy atom. The van der Waals surface area contributed by atoms with Crippen molar-refractivity contribution in [1.82, 2.24) is 4.98 Å². The standard InChI is InChI=1S/C21H21NO2S/c1-14-12-17(20-6-4-5-7-21(20)22-14)13-24-18-8-10-19(11-9-18)25-16(3)15(2)23/h4-12,16H,13H2,1-3H3. The van der Waals surface area contributed by atoms with E-state index in [0.29, 0.717) is 6.61 Å². The summed E-state index contributed by atoms with van der Waals surface area (Å²) in [6.07, 6.45) is 0. The van der Waals surface area contributed by atoms with E-state index < -0.39 is 0 Å². The molecule has 0 aliphatic carbocycles. The molecule has 0 bridgehead atoms. The zero-order chi connectivity index (χ0) is 17.8. The summed E-state index contributed by atoms with van der Waals surface area (Å²) in [6.45, 7) is 6.04. The minimum Gasteiger partial charge on any atom is -0.489 e. The Morgan fingerprint density at radius 1 is 1.16 bits per heavy atom. The molecule has 0 aliphatic rings. The third kappa shape index (κ3) is 4.40. The molecular weight excluding hydrogens is 330 g/mol. The van der Waals surface area contributed by atoms with Gasteiger partial charge in [-0.25, -0.2) is 0 Å². The van der Waals surface area contributed by atoms with Gasteiger partial charge >= 0.3 is 0 Å². The van der Waals surface area contributed by atoms with E-state index in [9.17, 15) is 4.79 Å². The van der Waals surface area contributed by atoms with Gasteiger partial charge in [-0.05, 0) is 57.2 Å². The molecule has 0 fully saturated rings. The fourth-order valence-corrected chi connectivity index (χ4v) is 3.44. The SMILES string of the molecule is CC(=O)C(C)Sc1ccc(OCc2cc(C)nc3ccccc23)cc1. The van der Waals surface area contributed by atoms with Crippen molar-refractivity contribution in [1.29, 1.82) is 0 Å². The average Bonchev–Trinajstić information content (AvgIpc) is 2.60. The molecule has 0 spiro atoms. The largest absolute Gasteiger partial charge is 0.489 e. The third-order valence-corrected chi connectivity index (χ3v) is 5.26. The molecule has 3 nitrogen and oxygen atoms in total. The number of hydrogen-bond acceptors (Lipinski definition) is 4. The van der Waals surface area contributed by atoms with Gasteiger partial charge < -0.3 is 4.74 Å². The van der Waals surface area contributed by atoms with E-state index in [4.69, 9.17) is 4.74 Å². The number of pyridine rings is 1. The van der Waals surface area contributed by atoms with E-state index in [1.807, 2.05) is 56.3 Å². The van der Waals surface area contributed by atoms with E-state index in [1.165, 1.54) is 0 Å². The molecule has 128 valence electrons. The van der Waals surface area contributed by atoms with Crippen LogP contribution >= 0.6 is 11.8 Å². The van der Waals surface area contributed by atoms with Crippen LogP contribution < -0.4 is 4.74 Å². The fourth-order valence-electron chi connectivity index (χ4n) is 2.58. The lowest BCUT2D eigenvalue weighted by atomic mass is 10.1. The molecule has 0 saturated carbocycles. The Labute approximate surface area is 152 Å². The first-order chi connectivity index (χ1) is 12.0. The lowest BCUT2D eigenvalue weighted by Crippen LogP contribution is -2.07. The Morgan fingerprint density at radius 3 is 2.60 bits per heavy atom. The molecule has 0 aliphatic heterocycles. The number of Topliss-reactive ketones (excluding diaryl/α,β-unsaturated/α-hetero) is 1. The number of aromatic nitrogens is 1. The van der Waals surface area contributed by atoms with E-state index in [2.05, 4.69) is 17.1 Å². The van der Waals surface area contributed by atoms with E-state index in [-0.39, 0.29) is 11.0 Å². The van der Waals surface area contributed by atoms with Crippen LogP contribution in [0.4, 0.5) is 0 Å². The van der Waals surface area contributed by atoms with Gasteiger partial charge in [0, 0.05) is 21.5 Å². The Hall–Kier alpha value is -2.33. The van der Waals surface area contributed by atoms with Gasteiger partial charge in [-0.15, -0.1) is 11.8 Å². The minimum absolute atomic E-state index is 0.0297. The van der Waals surface area contributed by atoms with Crippen LogP contribution in [-0.4, -0.2) is 16.0 Å². The van der Waals surface area contributed by atoms with Crippen molar-refractivity contribution in [2.24, 2.45) is 0 Å². The van der Waals surface area contributed by atoms with Gasteiger partial charge in [-0.3, -0.25) is 9.78 Å². The second-order valence-corrected chi connectivity index (χ2v) is 7.48. The zero-order valence-electron chi connectivity index (χ0n) is 14.7. The molecule has 0 saturated heterocycles. The van der Waals surface area contributed by atoms with Gasteiger partial charge in [0.1, 0.15) is 18.1 Å². The van der Waals surface area contributed by atoms with Crippen LogP contribution in [0.2, 0.25) is 0 Å². The summed E-state index contributed by atoms with van der Waals surface area (Å²) < 4.78 is 5.96. The first-order valence-electron chi connectivity index (χ1n) is 8.28. The summed E-state index contributed by atoms with van der Waals surface area (Å²) in [6, 6.07) is 18.1. The van der Waals surface area contributed by atoms with Gasteiger partial charge in [0.05, 0.1) is 10.8 Å². The summed E-state index contributed by atoms with van der Waals surface area (Å²) >= 11 is 1.57. The van der Waals surface area contributed by atoms with Crippen molar-refractivity contribution in [3.63, 3.8) is 0 Å². The number of fused-ring (bicyclic) bond motifs is 1. The zero-order valence-corrected chi connectivity index (χ0v) is 15.5. The molecular formula is C21H21NO2S. The predicted octanol–water partition coefficient (Wildman–Crippen LogP) is 5.19. The first kappa shape index (κ1) is 17.5. The van der Waals surface area contributed by atoms with Gasteiger partial charge in [0.2, 0.25) is 0 Å². The quantitative estimate of drug-likeness (QED) is 0.573. The molecule has 0 radical (unpaired) electrons. The highest BCUT2D eigenvalue weighted by Crippen LogP contribution is 2.26. The van der Waals surface area contributed by atoms with Crippen LogP contribution in [0.1, 0.15) is 25.1 Å². The number of aryl methyl sites for hydroxylation is 1. The topological polar surface area (TPSA) is 39.2 Å². The first-order valence-corrected chi connectivity index (χ1v) is 9.16. The maximum Gasteiger partial charge on any atom is 0.142 e. The van der Waals surface area contributed by atoms with Gasteiger partial charge in [0.15, 0.2) is 0 Å². The number of carbonyl (C=O) groups excluding carboxylic acids is 1. The molecule has 3 aromatic rings. The summed E-state index contributed by atoms with van der Waals surface area (Å²) in [5.41, 5.74) is 3.11. The van der Waals surface area contributed by atoms with Crippen molar-refractivity contribution in [3.05, 3.63) is 65.9 Å². The maximum absolute atomic E-state index is 11.4. The number of ketones is 1. The molecule has 0 amide bonds. The van der Waals surface area contributed by atoms with Crippen molar-refractivity contribution in [3.8, 4) is 5.75 Å². The molecule has 2 aromatic carbocycles. The Bertz CT molecular complexity index is 890. The smallest absolute Gasteiger partial charge is 0.142 e. The summed E-state index contributed by atoms with van der Waals surface area (Å²) in [7, 11) is 0. The number of rotatable bonds is 6. The lowest BCUT2D eigenvalue weighted by Gasteiger charge is -2.11. The molecule has 0 N–H and O–H groups in total. The van der Waals surface area contributed by atoms with Crippen LogP contribution in [0.15, 0.2) is 59.5 Å². The third-order valence-electron chi connectivity index (χ3n) is 4.03. The van der Waals surface area contributed by atoms with Crippen molar-refractivity contribution >= 4 is 28.4 Å². The molecule has 1 heterocycles. The number of benzene rings is 2. The highest BCUT2D eigenvalue weighted by Gasteiger charge is 2.09. The second-order valence-electron chi connectivity index (χ2n) is 6.07. The Balaban J connectivity index is 1.71. The van der Waals surface area contributed by atoms with Crippen molar-refractivity contribution < 1.29 is 9.53 Å². The Kier molecular flexibility index (Phi) is 5.39. The van der Waals surface area contributed by atoms with Gasteiger partial charge in [-0.2, -0.15) is 0 Å². The lowest BCUT2D eigenvalue weighted by molar-refractivity contribution is -0.116. The summed E-state index contributed by atoms with van der Waals surface area (Å²) in [5.74, 6) is 1.00. The molecule has 1 aromatic heterocycles. The van der Waals surface area contributed by atoms with Gasteiger partial charge in [0.25, 0.3) is 0 Å². The van der Waals surface area contributed by atoms with Crippen LogP contribution in [0.5, 0.6) is 5.75 Å². The van der Waals surface area contributed by atoms with Crippen LogP contribution in [0.25, 0.3) is 10.9 Å². The summed E-state index contributed by atoms with van der Waals surface area (Å²) in [4.78, 5) is 17.0. The maximum atomic E-state index is 11.4. The molecule has 4 heteroatoms. The normalized spacial score (nSPS) is 12.1. The number of thioether (sulfide) groups is 1. The summed E-state index contributed by atoms with van der Waals surface area (Å²) in [5, 5.41) is 1.09. The highest BCUT2D eigenvalue weighted by molar-refractivity contribution is 8.00. The average molecular weight is 351 g/mol. The monoisotopic (exact) mass is 351 g/mol. The molecule has 25 heavy (non-hydrogen) atoms. The van der Waals surface area contributed by atoms with E-state index in [0.717, 1.165) is 32.8 Å². The van der Waals surface area contributed by atoms with Crippen LogP contribution in [0.3, 0.4) is 0 Å². The second kappa shape index (κ2) is 7.70. The minimum atomic E-state index is -0.0297. The molecule has 3 rings (SSSR count). The number of para-hydroxylation sites is 1. The van der Waals surface area contributed by atoms with Crippen LogP contribution in [-0.2, 0) is 11.4 Å². The highest BCUT2D eigenvalue weighted by atomic mass is 32.2. The molecule has 1 unspecified atom stereocenters. The fraction of sp³-hybridized carbons (Fsp3) is 0.238. The number of ether oxygens (including phenoxy) is 1. The van der Waals surface area contributed by atoms with E-state index >= 15 is 0 Å². The predicted molar refractivity (Wildman–Crippen MR) is 103 cm³/mol.